The van der Waals surface area contributed by atoms with E-state index in [1.807, 2.05) is 0 Å². The zero-order valence-electron chi connectivity index (χ0n) is 10.2. The molecule has 1 aromatic heterocycles. The number of aliphatic carboxylic acids is 1. The number of carboxylic acid groups (broad SMARTS) is 1. The zero-order valence-corrected chi connectivity index (χ0v) is 10.2. The van der Waals surface area contributed by atoms with Crippen molar-refractivity contribution in [2.75, 3.05) is 11.4 Å². The predicted molar refractivity (Wildman–Crippen MR) is 62.6 cm³/mol. The van der Waals surface area contributed by atoms with E-state index in [4.69, 9.17) is 5.11 Å². The summed E-state index contributed by atoms with van der Waals surface area (Å²) in [6.45, 7) is 1.41. The summed E-state index contributed by atoms with van der Waals surface area (Å²) >= 11 is 0. The lowest BCUT2D eigenvalue weighted by molar-refractivity contribution is -0.388. The van der Waals surface area contributed by atoms with Gasteiger partial charge < -0.3 is 20.1 Å². The van der Waals surface area contributed by atoms with Crippen LogP contribution in [0, 0.1) is 17.0 Å². The van der Waals surface area contributed by atoms with E-state index >= 15 is 0 Å². The van der Waals surface area contributed by atoms with Gasteiger partial charge >= 0.3 is 11.8 Å². The van der Waals surface area contributed by atoms with Gasteiger partial charge in [-0.3, -0.25) is 9.36 Å². The monoisotopic (exact) mass is 254 g/mol. The molecule has 1 fully saturated rings. The van der Waals surface area contributed by atoms with Gasteiger partial charge in [0.25, 0.3) is 0 Å². The lowest BCUT2D eigenvalue weighted by Crippen LogP contribution is -2.33. The summed E-state index contributed by atoms with van der Waals surface area (Å²) in [5, 5.41) is 19.9. The minimum Gasteiger partial charge on any atom is -0.480 e. The maximum absolute atomic E-state index is 11.0. The van der Waals surface area contributed by atoms with Crippen molar-refractivity contribution >= 4 is 17.6 Å². The molecule has 0 atom stereocenters. The molecule has 1 aliphatic rings. The first kappa shape index (κ1) is 12.3. The average molecular weight is 254 g/mol. The fourth-order valence-corrected chi connectivity index (χ4v) is 1.93. The Hall–Kier alpha value is -2.12. The van der Waals surface area contributed by atoms with Crippen LogP contribution in [0.15, 0.2) is 0 Å². The van der Waals surface area contributed by atoms with Gasteiger partial charge in [-0.1, -0.05) is 0 Å². The molecule has 0 unspecified atom stereocenters. The molecule has 1 aromatic rings. The molecule has 0 bridgehead atoms. The van der Waals surface area contributed by atoms with E-state index in [9.17, 15) is 14.9 Å². The molecule has 1 saturated carbocycles. The van der Waals surface area contributed by atoms with Gasteiger partial charge in [0, 0.05) is 20.0 Å². The number of nitrogens with zero attached hydrogens (tertiary/aromatic N) is 4. The molecule has 18 heavy (non-hydrogen) atoms. The highest BCUT2D eigenvalue weighted by atomic mass is 16.6. The molecule has 98 valence electrons. The van der Waals surface area contributed by atoms with Gasteiger partial charge in [-0.05, 0) is 22.7 Å². The Bertz CT molecular complexity index is 506. The normalized spacial score (nSPS) is 14.6. The van der Waals surface area contributed by atoms with Gasteiger partial charge in [0.2, 0.25) is 11.6 Å². The number of carbonyl (C=O) groups is 1. The molecule has 0 saturated heterocycles. The number of carboxylic acids is 1. The van der Waals surface area contributed by atoms with Crippen molar-refractivity contribution in [1.82, 2.24) is 9.55 Å². The minimum atomic E-state index is -1.00. The summed E-state index contributed by atoms with van der Waals surface area (Å²) in [7, 11) is 1.65. The molecule has 2 rings (SSSR count). The summed E-state index contributed by atoms with van der Waals surface area (Å²) in [5.74, 6) is -0.506. The Balaban J connectivity index is 2.45. The number of imidazole rings is 1. The number of hydrogen-bond acceptors (Lipinski definition) is 5. The van der Waals surface area contributed by atoms with Crippen molar-refractivity contribution in [3.63, 3.8) is 0 Å². The molecule has 0 spiro atoms. The topological polar surface area (TPSA) is 102 Å². The third kappa shape index (κ3) is 2.13. The average Bonchev–Trinajstić information content (AvgIpc) is 3.04. The fraction of sp³-hybridized carbons (Fsp3) is 0.600. The number of hydrogen-bond donors (Lipinski definition) is 1. The van der Waals surface area contributed by atoms with Crippen LogP contribution < -0.4 is 4.90 Å². The molecule has 1 aliphatic carbocycles. The van der Waals surface area contributed by atoms with Gasteiger partial charge in [-0.15, -0.1) is 0 Å². The summed E-state index contributed by atoms with van der Waals surface area (Å²) in [6, 6.07) is 0.0644. The number of rotatable bonds is 5. The first-order valence-corrected chi connectivity index (χ1v) is 5.58. The maximum atomic E-state index is 11.0. The highest BCUT2D eigenvalue weighted by molar-refractivity contribution is 5.75. The first-order valence-electron chi connectivity index (χ1n) is 5.58. The van der Waals surface area contributed by atoms with E-state index in [0.29, 0.717) is 5.82 Å². The maximum Gasteiger partial charge on any atom is 0.406 e. The SMILES string of the molecule is Cc1nc([N+](=O)[O-])c(N(CC(=O)O)C2CC2)n1C. The highest BCUT2D eigenvalue weighted by Gasteiger charge is 2.38. The van der Waals surface area contributed by atoms with Crippen LogP contribution in [0.25, 0.3) is 0 Å². The molecule has 1 heterocycles. The first-order chi connectivity index (χ1) is 8.41. The molecule has 8 nitrogen and oxygen atoms in total. The highest BCUT2D eigenvalue weighted by Crippen LogP contribution is 2.36. The van der Waals surface area contributed by atoms with E-state index in [2.05, 4.69) is 4.98 Å². The van der Waals surface area contributed by atoms with Crippen LogP contribution in [0.5, 0.6) is 0 Å². The van der Waals surface area contributed by atoms with Crippen molar-refractivity contribution in [1.29, 1.82) is 0 Å². The van der Waals surface area contributed by atoms with Crippen molar-refractivity contribution in [3.05, 3.63) is 15.9 Å². The van der Waals surface area contributed by atoms with Crippen LogP contribution in [0.4, 0.5) is 11.6 Å². The zero-order chi connectivity index (χ0) is 13.4. The van der Waals surface area contributed by atoms with Crippen LogP contribution >= 0.6 is 0 Å². The Labute approximate surface area is 103 Å². The van der Waals surface area contributed by atoms with Gasteiger partial charge in [-0.2, -0.15) is 0 Å². The molecule has 0 amide bonds. The van der Waals surface area contributed by atoms with E-state index in [-0.39, 0.29) is 24.2 Å². The molecular formula is C10H14N4O4. The standard InChI is InChI=1S/C10H14N4O4/c1-6-11-9(14(17)18)10(12(6)2)13(5-8(15)16)7-3-4-7/h7H,3-5H2,1-2H3,(H,15,16). The molecule has 8 heteroatoms. The molecular weight excluding hydrogens is 240 g/mol. The summed E-state index contributed by atoms with van der Waals surface area (Å²) in [4.78, 5) is 26.7. The summed E-state index contributed by atoms with van der Waals surface area (Å²) in [5.41, 5.74) is 0. The Kier molecular flexibility index (Phi) is 2.93. The van der Waals surface area contributed by atoms with Gasteiger partial charge in [0.1, 0.15) is 6.54 Å². The van der Waals surface area contributed by atoms with Crippen molar-refractivity contribution < 1.29 is 14.8 Å². The quantitative estimate of drug-likeness (QED) is 0.612. The van der Waals surface area contributed by atoms with Gasteiger partial charge in [-0.25, -0.2) is 0 Å². The van der Waals surface area contributed by atoms with E-state index in [0.717, 1.165) is 12.8 Å². The van der Waals surface area contributed by atoms with Crippen LogP contribution in [-0.4, -0.2) is 38.1 Å². The van der Waals surface area contributed by atoms with E-state index in [1.54, 1.807) is 23.4 Å². The van der Waals surface area contributed by atoms with Crippen molar-refractivity contribution in [2.24, 2.45) is 7.05 Å². The second-order valence-electron chi connectivity index (χ2n) is 4.38. The Morgan fingerprint density at radius 2 is 2.28 bits per heavy atom. The summed E-state index contributed by atoms with van der Waals surface area (Å²) in [6.07, 6.45) is 1.71. The van der Waals surface area contributed by atoms with Crippen molar-refractivity contribution in [2.45, 2.75) is 25.8 Å². The second-order valence-corrected chi connectivity index (χ2v) is 4.38. The Morgan fingerprint density at radius 1 is 1.67 bits per heavy atom. The molecule has 0 aliphatic heterocycles. The van der Waals surface area contributed by atoms with Gasteiger partial charge in [0.05, 0.1) is 0 Å². The third-order valence-electron chi connectivity index (χ3n) is 3.01. The van der Waals surface area contributed by atoms with E-state index in [1.165, 1.54) is 0 Å². The van der Waals surface area contributed by atoms with Gasteiger partial charge in [0.15, 0.2) is 0 Å². The lowest BCUT2D eigenvalue weighted by Gasteiger charge is -2.21. The molecule has 0 aromatic carbocycles. The van der Waals surface area contributed by atoms with Crippen LogP contribution in [0.2, 0.25) is 0 Å². The lowest BCUT2D eigenvalue weighted by atomic mass is 10.4. The number of anilines is 1. The minimum absolute atomic E-state index is 0.0644. The third-order valence-corrected chi connectivity index (χ3v) is 3.01. The van der Waals surface area contributed by atoms with Crippen LogP contribution in [0.3, 0.4) is 0 Å². The largest absolute Gasteiger partial charge is 0.480 e. The number of aromatic nitrogens is 2. The smallest absolute Gasteiger partial charge is 0.406 e. The number of aryl methyl sites for hydroxylation is 1. The van der Waals surface area contributed by atoms with Crippen molar-refractivity contribution in [3.8, 4) is 0 Å². The Morgan fingerprint density at radius 3 is 2.72 bits per heavy atom. The second kappa shape index (κ2) is 4.28. The van der Waals surface area contributed by atoms with Crippen LogP contribution in [-0.2, 0) is 11.8 Å². The van der Waals surface area contributed by atoms with Crippen LogP contribution in [0.1, 0.15) is 18.7 Å². The van der Waals surface area contributed by atoms with E-state index < -0.39 is 10.9 Å². The predicted octanol–water partition coefficient (Wildman–Crippen LogP) is 0.690. The number of nitro groups is 1. The fourth-order valence-electron chi connectivity index (χ4n) is 1.93. The summed E-state index contributed by atoms with van der Waals surface area (Å²) < 4.78 is 1.57. The molecule has 0 radical (unpaired) electrons. The molecule has 1 N–H and O–H groups in total.